The Balaban J connectivity index is 0.000000166. The number of aryl methyl sites for hydroxylation is 7. The molecule has 0 amide bonds. The summed E-state index contributed by atoms with van der Waals surface area (Å²) in [4.78, 5) is 97.7. The zero-order valence-electron chi connectivity index (χ0n) is 58.3. The predicted molar refractivity (Wildman–Crippen MR) is 371 cm³/mol. The van der Waals surface area contributed by atoms with Crippen molar-refractivity contribution in [3.63, 3.8) is 0 Å². The highest BCUT2D eigenvalue weighted by Gasteiger charge is 2.34. The minimum Gasteiger partial charge on any atom is -0.456 e. The Labute approximate surface area is 610 Å². The fraction of sp³-hybridized carbons (Fsp3) is 0.179. The summed E-state index contributed by atoms with van der Waals surface area (Å²) in [6, 6.07) is 38.8. The maximum atomic E-state index is 13.2. The molecule has 12 heterocycles. The number of Topliss-reactive ketones (excluding diaryl/α,β-unsaturated/α-hetero) is 4. The summed E-state index contributed by atoms with van der Waals surface area (Å²) in [5.74, 6) is 0.802. The third-order valence-corrected chi connectivity index (χ3v) is 14.5. The van der Waals surface area contributed by atoms with Crippen LogP contribution in [0.25, 0.3) is 0 Å². The number of carbonyl (C=O) groups is 4. The highest BCUT2D eigenvalue weighted by atomic mass is 19.4. The highest BCUT2D eigenvalue weighted by molar-refractivity contribution is 5.97. The van der Waals surface area contributed by atoms with E-state index < -0.39 is 47.2 Å². The number of pyridine rings is 12. The molecule has 0 unspecified atom stereocenters. The van der Waals surface area contributed by atoms with Crippen LogP contribution in [0.3, 0.4) is 0 Å². The smallest absolute Gasteiger partial charge is 0.433 e. The quantitative estimate of drug-likeness (QED) is 0.0507. The molecule has 0 saturated heterocycles. The van der Waals surface area contributed by atoms with Crippen LogP contribution in [-0.4, -0.2) is 82.9 Å². The zero-order chi connectivity index (χ0) is 77.9. The van der Waals surface area contributed by atoms with Gasteiger partial charge in [0.05, 0.1) is 56.2 Å². The Morgan fingerprint density at radius 3 is 0.972 bits per heavy atom. The molecule has 0 spiro atoms. The number of halogens is 10. The van der Waals surface area contributed by atoms with Crippen LogP contribution >= 0.6 is 0 Å². The van der Waals surface area contributed by atoms with Crippen molar-refractivity contribution >= 4 is 23.1 Å². The molecule has 0 aliphatic heterocycles. The topological polar surface area (TPSA) is 260 Å². The van der Waals surface area contributed by atoms with Gasteiger partial charge >= 0.3 is 18.5 Å². The molecule has 0 atom stereocenters. The lowest BCUT2D eigenvalue weighted by Crippen LogP contribution is -2.09. The van der Waals surface area contributed by atoms with Crippen LogP contribution in [0.15, 0.2) is 201 Å². The lowest BCUT2D eigenvalue weighted by atomic mass is 10.1. The van der Waals surface area contributed by atoms with E-state index in [-0.39, 0.29) is 100 Å². The highest BCUT2D eigenvalue weighted by Crippen LogP contribution is 2.34. The normalized spacial score (nSPS) is 11.1. The fourth-order valence-corrected chi connectivity index (χ4v) is 9.70. The number of ketones is 4. The van der Waals surface area contributed by atoms with Crippen molar-refractivity contribution in [2.45, 2.75) is 92.7 Å². The van der Waals surface area contributed by atoms with Crippen LogP contribution in [0, 0.1) is 54.3 Å². The number of carbonyl (C=O) groups excluding carboxylic acids is 4. The van der Waals surface area contributed by atoms with Crippen LogP contribution in [0.5, 0.6) is 46.0 Å². The molecule has 12 rings (SSSR count). The number of nitrogens with zero attached hydrogens (tertiary/aromatic N) is 12. The Morgan fingerprint density at radius 2 is 0.667 bits per heavy atom. The van der Waals surface area contributed by atoms with Gasteiger partial charge in [0.1, 0.15) is 91.7 Å². The SMILES string of the molecule is Cc1cc(Oc2ccc(C(F)(F)F)nc2)cc(C(=O)Cc2cc(F)ccn2)n1.Cc1ccc(CC(=O)c2cc(Oc3cccnc3)cc(C)n2)nc1.Cc1cccc(CC(=O)c2cc(Oc3ccc(C(F)(F)F)nc3)cc(C)n2)n1.Cc1cccc(CC(=O)c2cc(Oc3ccc(C(F)(F)F)nc3)cc(C)n2)n1. The van der Waals surface area contributed by atoms with Gasteiger partial charge in [-0.15, -0.1) is 0 Å². The van der Waals surface area contributed by atoms with E-state index in [1.165, 1.54) is 48.7 Å². The standard InChI is InChI=1S/2C20H16F3N3O2.C19H13F4N3O2.C19H17N3O2/c2*1-12-4-3-5-14(25-12)9-18(27)17-10-16(8-13(2)26-17)28-15-6-7-19(24-11-15)20(21,22)23;1-11-6-15(28-14-2-3-18(25-10-14)19(21,22)23)9-16(26-11)17(27)8-13-7-12(20)4-5-24-13;1-13-5-6-15(21-11-13)9-19(23)18-10-17(8-14(2)22-18)24-16-4-3-7-20-12-16/h2*3-8,10-11H,9H2,1-2H3;2-7,9-10H,8H2,1H3;3-8,10-12H,9H2,1-2H3. The molecule has 0 saturated carbocycles. The molecule has 0 radical (unpaired) electrons. The van der Waals surface area contributed by atoms with E-state index in [1.54, 1.807) is 87.9 Å². The molecular formula is C78H62F10N12O8. The monoisotopic (exact) mass is 1480 g/mol. The largest absolute Gasteiger partial charge is 0.456 e. The van der Waals surface area contributed by atoms with Gasteiger partial charge in [0, 0.05) is 118 Å². The summed E-state index contributed by atoms with van der Waals surface area (Å²) in [5, 5.41) is 0. The molecule has 0 aliphatic carbocycles. The van der Waals surface area contributed by atoms with Gasteiger partial charge in [-0.1, -0.05) is 18.2 Å². The average Bonchev–Trinajstić information content (AvgIpc) is 0.838. The van der Waals surface area contributed by atoms with Gasteiger partial charge in [0.25, 0.3) is 0 Å². The first-order valence-corrected chi connectivity index (χ1v) is 32.4. The van der Waals surface area contributed by atoms with Crippen molar-refractivity contribution in [3.05, 3.63) is 309 Å². The molecule has 108 heavy (non-hydrogen) atoms. The third kappa shape index (κ3) is 24.6. The van der Waals surface area contributed by atoms with E-state index >= 15 is 0 Å². The van der Waals surface area contributed by atoms with Gasteiger partial charge in [-0.25, -0.2) is 39.3 Å². The van der Waals surface area contributed by atoms with Crippen LogP contribution in [0.1, 0.15) is 122 Å². The van der Waals surface area contributed by atoms with Crippen molar-refractivity contribution in [2.24, 2.45) is 0 Å². The summed E-state index contributed by atoms with van der Waals surface area (Å²) in [6.07, 6.45) is -4.15. The zero-order valence-corrected chi connectivity index (χ0v) is 58.3. The molecule has 0 fully saturated rings. The van der Waals surface area contributed by atoms with Crippen molar-refractivity contribution in [3.8, 4) is 46.0 Å². The third-order valence-electron chi connectivity index (χ3n) is 14.5. The second kappa shape index (κ2) is 35.6. The molecule has 0 aromatic carbocycles. The number of rotatable bonds is 20. The minimum atomic E-state index is -4.55. The first kappa shape index (κ1) is 79.1. The second-order valence-corrected chi connectivity index (χ2v) is 23.8. The summed E-state index contributed by atoms with van der Waals surface area (Å²) in [6.45, 7) is 12.5. The summed E-state index contributed by atoms with van der Waals surface area (Å²) in [5.41, 5.74) is 4.95. The van der Waals surface area contributed by atoms with Crippen LogP contribution in [0.2, 0.25) is 0 Å². The molecule has 552 valence electrons. The minimum absolute atomic E-state index is 0.0703. The first-order chi connectivity index (χ1) is 51.2. The Hall–Kier alpha value is -13.0. The molecule has 12 aromatic rings. The van der Waals surface area contributed by atoms with Crippen molar-refractivity contribution in [1.82, 2.24) is 59.8 Å². The van der Waals surface area contributed by atoms with Crippen LogP contribution in [-0.2, 0) is 44.2 Å². The van der Waals surface area contributed by atoms with Gasteiger partial charge in [-0.2, -0.15) is 39.5 Å². The summed E-state index contributed by atoms with van der Waals surface area (Å²) >= 11 is 0. The van der Waals surface area contributed by atoms with E-state index in [0.717, 1.165) is 77.3 Å². The Bertz CT molecular complexity index is 4750. The molecule has 0 N–H and O–H groups in total. The van der Waals surface area contributed by atoms with E-state index in [1.807, 2.05) is 64.1 Å². The molecule has 0 bridgehead atoms. The maximum absolute atomic E-state index is 13.2. The Morgan fingerprint density at radius 1 is 0.306 bits per heavy atom. The summed E-state index contributed by atoms with van der Waals surface area (Å²) < 4.78 is 149. The number of ether oxygens (including phenoxy) is 4. The molecular weight excluding hydrogens is 1420 g/mol. The predicted octanol–water partition coefficient (Wildman–Crippen LogP) is 17.7. The first-order valence-electron chi connectivity index (χ1n) is 32.4. The van der Waals surface area contributed by atoms with Crippen molar-refractivity contribution in [1.29, 1.82) is 0 Å². The van der Waals surface area contributed by atoms with Crippen LogP contribution in [0.4, 0.5) is 43.9 Å². The molecule has 12 aromatic heterocycles. The number of hydrogen-bond donors (Lipinski definition) is 0. The molecule has 0 aliphatic rings. The Kier molecular flexibility index (Phi) is 26.1. The number of alkyl halides is 9. The van der Waals surface area contributed by atoms with Gasteiger partial charge in [-0.05, 0) is 145 Å². The molecule has 20 nitrogen and oxygen atoms in total. The second-order valence-electron chi connectivity index (χ2n) is 23.8. The number of hydrogen-bond acceptors (Lipinski definition) is 20. The van der Waals surface area contributed by atoms with Crippen LogP contribution < -0.4 is 18.9 Å². The van der Waals surface area contributed by atoms with E-state index in [0.29, 0.717) is 45.7 Å². The van der Waals surface area contributed by atoms with Crippen molar-refractivity contribution < 1.29 is 82.0 Å². The van der Waals surface area contributed by atoms with E-state index in [9.17, 15) is 63.1 Å². The lowest BCUT2D eigenvalue weighted by molar-refractivity contribution is -0.142. The lowest BCUT2D eigenvalue weighted by Gasteiger charge is -2.10. The van der Waals surface area contributed by atoms with Gasteiger partial charge in [-0.3, -0.25) is 44.1 Å². The van der Waals surface area contributed by atoms with Gasteiger partial charge in [0.15, 0.2) is 23.1 Å². The van der Waals surface area contributed by atoms with Gasteiger partial charge in [0.2, 0.25) is 0 Å². The van der Waals surface area contributed by atoms with E-state index in [2.05, 4.69) is 59.8 Å². The maximum Gasteiger partial charge on any atom is 0.433 e. The van der Waals surface area contributed by atoms with E-state index in [4.69, 9.17) is 18.9 Å². The van der Waals surface area contributed by atoms with Gasteiger partial charge < -0.3 is 18.9 Å². The average molecular weight is 1490 g/mol. The fourth-order valence-electron chi connectivity index (χ4n) is 9.70. The molecule has 30 heteroatoms. The summed E-state index contributed by atoms with van der Waals surface area (Å²) in [7, 11) is 0. The van der Waals surface area contributed by atoms with Crippen molar-refractivity contribution in [2.75, 3.05) is 0 Å². The number of aromatic nitrogens is 12.